The number of hydrogen-bond donors (Lipinski definition) is 2. The molecule has 2 N–H and O–H groups in total. The van der Waals surface area contributed by atoms with Gasteiger partial charge < -0.3 is 0 Å². The van der Waals surface area contributed by atoms with Crippen LogP contribution in [0.5, 0.6) is 0 Å². The third kappa shape index (κ3) is 5.51. The molecule has 1 atom stereocenters. The third-order valence-corrected chi connectivity index (χ3v) is 6.91. The second kappa shape index (κ2) is 9.92. The minimum absolute atomic E-state index is 0.0260. The Balaban J connectivity index is 2.37. The number of carbonyl (C=O) groups is 1. The summed E-state index contributed by atoms with van der Waals surface area (Å²) in [6.45, 7) is 1.44. The van der Waals surface area contributed by atoms with Gasteiger partial charge in [-0.2, -0.15) is 0 Å². The molecule has 0 fully saturated rings. The molecule has 1 amide bonds. The second-order valence-electron chi connectivity index (χ2n) is 7.58. The Morgan fingerprint density at radius 3 is 2.62 bits per heavy atom. The molecule has 1 aromatic heterocycles. The van der Waals surface area contributed by atoms with Crippen molar-refractivity contribution in [3.63, 3.8) is 0 Å². The number of hydroxylamine groups is 1. The molecule has 1 unspecified atom stereocenters. The fourth-order valence-corrected chi connectivity index (χ4v) is 3.54. The smallest absolute Gasteiger partial charge is 0.264 e. The normalized spacial score (nSPS) is 13.0. The molecular weight excluding hydrogens is 439 g/mol. The fourth-order valence-electron chi connectivity index (χ4n) is 2.69. The quantitative estimate of drug-likeness (QED) is 0.356. The number of nitrogens with zero attached hydrogens (tertiary/aromatic N) is 3. The summed E-state index contributed by atoms with van der Waals surface area (Å²) in [5.74, 6) is 8.71. The predicted molar refractivity (Wildman–Crippen MR) is 117 cm³/mol. The topological polar surface area (TPSA) is 122 Å². The first-order valence-electron chi connectivity index (χ1n) is 9.37. The highest BCUT2D eigenvalue weighted by molar-refractivity contribution is 7.92. The Labute approximate surface area is 185 Å². The highest BCUT2D eigenvalue weighted by atomic mass is 32.2. The Hall–Kier alpha value is -3.25. The standard InChI is InChI=1S/C21H23FN4O5S/c1-21(20(28)24-29,32(4,30)31)9-11-26-14-23-18-12-15(8-6-5-7-10-25(2)3)17(22)13-16(18)19(26)27/h12-14,29H,9-11H2,1-4H3,(H,24,28). The van der Waals surface area contributed by atoms with Gasteiger partial charge in [0.2, 0.25) is 0 Å². The Morgan fingerprint density at radius 1 is 1.34 bits per heavy atom. The number of hydrogen-bond acceptors (Lipinski definition) is 7. The van der Waals surface area contributed by atoms with Crippen LogP contribution >= 0.6 is 0 Å². The van der Waals surface area contributed by atoms with Crippen molar-refractivity contribution in [1.29, 1.82) is 0 Å². The average molecular weight is 463 g/mol. The Morgan fingerprint density at radius 2 is 2.03 bits per heavy atom. The van der Waals surface area contributed by atoms with Crippen LogP contribution in [0.3, 0.4) is 0 Å². The molecule has 11 heteroatoms. The summed E-state index contributed by atoms with van der Waals surface area (Å²) in [7, 11) is -0.221. The van der Waals surface area contributed by atoms with E-state index in [1.54, 1.807) is 0 Å². The van der Waals surface area contributed by atoms with Gasteiger partial charge in [0.15, 0.2) is 14.6 Å². The second-order valence-corrected chi connectivity index (χ2v) is 10.0. The number of aromatic nitrogens is 2. The lowest BCUT2D eigenvalue weighted by atomic mass is 10.1. The fraction of sp³-hybridized carbons (Fsp3) is 0.381. The van der Waals surface area contributed by atoms with Crippen molar-refractivity contribution in [3.05, 3.63) is 40.2 Å². The van der Waals surface area contributed by atoms with E-state index < -0.39 is 31.9 Å². The van der Waals surface area contributed by atoms with Gasteiger partial charge in [-0.25, -0.2) is 23.3 Å². The highest BCUT2D eigenvalue weighted by Gasteiger charge is 2.43. The maximum absolute atomic E-state index is 14.5. The molecule has 2 aromatic rings. The number of halogens is 1. The summed E-state index contributed by atoms with van der Waals surface area (Å²) in [6, 6.07) is 2.34. The number of nitrogens with one attached hydrogen (secondary N) is 1. The lowest BCUT2D eigenvalue weighted by Gasteiger charge is -2.25. The van der Waals surface area contributed by atoms with E-state index in [0.717, 1.165) is 23.8 Å². The van der Waals surface area contributed by atoms with Crippen LogP contribution in [0.25, 0.3) is 10.9 Å². The van der Waals surface area contributed by atoms with E-state index in [4.69, 9.17) is 5.21 Å². The molecule has 0 spiro atoms. The van der Waals surface area contributed by atoms with E-state index in [9.17, 15) is 22.4 Å². The van der Waals surface area contributed by atoms with E-state index in [-0.39, 0.29) is 29.4 Å². The third-order valence-electron chi connectivity index (χ3n) is 4.89. The van der Waals surface area contributed by atoms with Gasteiger partial charge in [-0.15, -0.1) is 0 Å². The number of amides is 1. The number of fused-ring (bicyclic) bond motifs is 1. The summed E-state index contributed by atoms with van der Waals surface area (Å²) in [6.07, 6.45) is 1.71. The Kier molecular flexibility index (Phi) is 7.75. The molecule has 0 radical (unpaired) electrons. The van der Waals surface area contributed by atoms with Crippen LogP contribution in [0.4, 0.5) is 4.39 Å². The van der Waals surface area contributed by atoms with Crippen LogP contribution < -0.4 is 11.0 Å². The first-order valence-corrected chi connectivity index (χ1v) is 11.3. The van der Waals surface area contributed by atoms with E-state index in [0.29, 0.717) is 6.54 Å². The number of aryl methyl sites for hydroxylation is 1. The number of carbonyl (C=O) groups excluding carboxylic acids is 1. The van der Waals surface area contributed by atoms with Gasteiger partial charge in [0, 0.05) is 12.8 Å². The zero-order chi connectivity index (χ0) is 24.1. The molecule has 1 heterocycles. The average Bonchev–Trinajstić information content (AvgIpc) is 2.72. The van der Waals surface area contributed by atoms with Crippen LogP contribution in [0.15, 0.2) is 23.3 Å². The van der Waals surface area contributed by atoms with E-state index in [1.807, 2.05) is 19.0 Å². The van der Waals surface area contributed by atoms with Gasteiger partial charge in [-0.3, -0.25) is 24.3 Å². The zero-order valence-corrected chi connectivity index (χ0v) is 18.9. The minimum Gasteiger partial charge on any atom is -0.299 e. The van der Waals surface area contributed by atoms with Crippen LogP contribution in [-0.2, 0) is 21.2 Å². The summed E-state index contributed by atoms with van der Waals surface area (Å²) in [5.41, 5.74) is 0.968. The lowest BCUT2D eigenvalue weighted by molar-refractivity contribution is -0.131. The van der Waals surface area contributed by atoms with Crippen molar-refractivity contribution in [2.24, 2.45) is 0 Å². The van der Waals surface area contributed by atoms with Gasteiger partial charge in [0.1, 0.15) is 5.82 Å². The molecule has 0 bridgehead atoms. The maximum atomic E-state index is 14.5. The van der Waals surface area contributed by atoms with Crippen LogP contribution in [0.2, 0.25) is 0 Å². The molecule has 1 aromatic carbocycles. The minimum atomic E-state index is -3.93. The molecule has 32 heavy (non-hydrogen) atoms. The summed E-state index contributed by atoms with van der Waals surface area (Å²) >= 11 is 0. The van der Waals surface area contributed by atoms with Gasteiger partial charge in [0.05, 0.1) is 29.3 Å². The molecule has 0 aliphatic carbocycles. The Bertz CT molecular complexity index is 1330. The predicted octanol–water partition coefficient (Wildman–Crippen LogP) is 0.151. The van der Waals surface area contributed by atoms with Crippen molar-refractivity contribution >= 4 is 26.6 Å². The van der Waals surface area contributed by atoms with Crippen molar-refractivity contribution in [3.8, 4) is 23.7 Å². The van der Waals surface area contributed by atoms with E-state index >= 15 is 0 Å². The number of rotatable bonds is 6. The van der Waals surface area contributed by atoms with Crippen LogP contribution in [0, 0.1) is 29.5 Å². The van der Waals surface area contributed by atoms with Crippen molar-refractivity contribution in [2.75, 3.05) is 26.9 Å². The summed E-state index contributed by atoms with van der Waals surface area (Å²) in [5, 5.41) is 8.87. The zero-order valence-electron chi connectivity index (χ0n) is 18.1. The van der Waals surface area contributed by atoms with Gasteiger partial charge in [-0.05, 0) is 57.3 Å². The first kappa shape index (κ1) is 25.0. The summed E-state index contributed by atoms with van der Waals surface area (Å²) in [4.78, 5) is 30.7. The van der Waals surface area contributed by atoms with Crippen molar-refractivity contribution < 1.29 is 22.8 Å². The van der Waals surface area contributed by atoms with E-state index in [2.05, 4.69) is 28.7 Å². The number of sulfone groups is 1. The molecule has 9 nitrogen and oxygen atoms in total. The van der Waals surface area contributed by atoms with Crippen molar-refractivity contribution in [1.82, 2.24) is 19.9 Å². The van der Waals surface area contributed by atoms with Gasteiger partial charge >= 0.3 is 0 Å². The monoisotopic (exact) mass is 462 g/mol. The number of benzene rings is 1. The van der Waals surface area contributed by atoms with E-state index in [1.165, 1.54) is 17.9 Å². The molecular formula is C21H23FN4O5S. The van der Waals surface area contributed by atoms with Gasteiger partial charge in [-0.1, -0.05) is 5.92 Å². The molecule has 2 rings (SSSR count). The molecule has 0 aliphatic heterocycles. The summed E-state index contributed by atoms with van der Waals surface area (Å²) < 4.78 is 37.7. The molecule has 0 saturated heterocycles. The molecule has 170 valence electrons. The van der Waals surface area contributed by atoms with Gasteiger partial charge in [0.25, 0.3) is 11.5 Å². The van der Waals surface area contributed by atoms with Crippen molar-refractivity contribution in [2.45, 2.75) is 24.6 Å². The lowest BCUT2D eigenvalue weighted by Crippen LogP contribution is -2.50. The largest absolute Gasteiger partial charge is 0.299 e. The van der Waals surface area contributed by atoms with Crippen LogP contribution in [0.1, 0.15) is 18.9 Å². The molecule has 0 saturated carbocycles. The SMILES string of the molecule is CN(C)CC#CC#Cc1cc2ncn(CCC(C)(C(=O)NO)S(C)(=O)=O)c(=O)c2cc1F. The van der Waals surface area contributed by atoms with Crippen LogP contribution in [-0.4, -0.2) is 65.6 Å². The maximum Gasteiger partial charge on any atom is 0.264 e. The first-order chi connectivity index (χ1) is 14.9. The molecule has 0 aliphatic rings. The highest BCUT2D eigenvalue weighted by Crippen LogP contribution is 2.22.